The van der Waals surface area contributed by atoms with E-state index in [1.54, 1.807) is 13.3 Å². The molecule has 180 valence electrons. The highest BCUT2D eigenvalue weighted by Crippen LogP contribution is 2.30. The SMILES string of the molecule is COc1ccc2ncc(Cl)c(CCN3CCCCC3)c2c1.NCc1ccc2c(n1)NC(=O)CS2. The van der Waals surface area contributed by atoms with Crippen molar-refractivity contribution in [2.45, 2.75) is 37.1 Å². The number of nitrogens with one attached hydrogen (secondary N) is 1. The first-order chi connectivity index (χ1) is 16.6. The van der Waals surface area contributed by atoms with Gasteiger partial charge in [-0.05, 0) is 68.2 Å². The summed E-state index contributed by atoms with van der Waals surface area (Å²) < 4.78 is 5.33. The van der Waals surface area contributed by atoms with Crippen LogP contribution in [-0.4, -0.2) is 53.3 Å². The number of benzene rings is 1. The lowest BCUT2D eigenvalue weighted by Gasteiger charge is -2.26. The van der Waals surface area contributed by atoms with E-state index in [4.69, 9.17) is 22.1 Å². The Hall–Kier alpha value is -2.39. The van der Waals surface area contributed by atoms with Gasteiger partial charge in [-0.2, -0.15) is 0 Å². The number of nitrogens with zero attached hydrogens (tertiary/aromatic N) is 3. The molecule has 0 unspecified atom stereocenters. The Bertz CT molecular complexity index is 1150. The number of thioether (sulfide) groups is 1. The van der Waals surface area contributed by atoms with Crippen LogP contribution in [-0.2, 0) is 17.8 Å². The zero-order chi connectivity index (χ0) is 23.9. The Morgan fingerprint density at radius 3 is 2.79 bits per heavy atom. The minimum absolute atomic E-state index is 0.000767. The maximum Gasteiger partial charge on any atom is 0.235 e. The largest absolute Gasteiger partial charge is 0.497 e. The molecule has 2 aromatic heterocycles. The first-order valence-electron chi connectivity index (χ1n) is 11.5. The molecule has 1 saturated heterocycles. The highest BCUT2D eigenvalue weighted by atomic mass is 35.5. The van der Waals surface area contributed by atoms with Crippen LogP contribution >= 0.6 is 23.4 Å². The molecule has 7 nitrogen and oxygen atoms in total. The number of ether oxygens (including phenoxy) is 1. The van der Waals surface area contributed by atoms with Crippen molar-refractivity contribution in [2.75, 3.05) is 37.8 Å². The highest BCUT2D eigenvalue weighted by molar-refractivity contribution is 8.00. The van der Waals surface area contributed by atoms with Gasteiger partial charge in [0, 0.05) is 24.7 Å². The number of methoxy groups -OCH3 is 1. The summed E-state index contributed by atoms with van der Waals surface area (Å²) in [6, 6.07) is 9.80. The molecule has 9 heteroatoms. The lowest BCUT2D eigenvalue weighted by molar-refractivity contribution is -0.113. The van der Waals surface area contributed by atoms with Gasteiger partial charge in [0.15, 0.2) is 0 Å². The van der Waals surface area contributed by atoms with E-state index in [0.29, 0.717) is 18.1 Å². The fraction of sp³-hybridized carbons (Fsp3) is 0.400. The van der Waals surface area contributed by atoms with Gasteiger partial charge in [-0.1, -0.05) is 18.0 Å². The van der Waals surface area contributed by atoms with Gasteiger partial charge >= 0.3 is 0 Å². The van der Waals surface area contributed by atoms with E-state index in [1.165, 1.54) is 49.7 Å². The number of rotatable bonds is 5. The van der Waals surface area contributed by atoms with E-state index in [9.17, 15) is 4.79 Å². The van der Waals surface area contributed by atoms with Gasteiger partial charge in [0.2, 0.25) is 5.91 Å². The molecule has 1 aromatic carbocycles. The maximum absolute atomic E-state index is 11.0. The van der Waals surface area contributed by atoms with Gasteiger partial charge in [-0.3, -0.25) is 9.78 Å². The number of carbonyl (C=O) groups excluding carboxylic acids is 1. The monoisotopic (exact) mass is 499 g/mol. The van der Waals surface area contributed by atoms with Crippen molar-refractivity contribution in [1.29, 1.82) is 0 Å². The van der Waals surface area contributed by atoms with Crippen molar-refractivity contribution in [1.82, 2.24) is 14.9 Å². The number of nitrogens with two attached hydrogens (primary N) is 1. The number of piperidine rings is 1. The van der Waals surface area contributed by atoms with Crippen LogP contribution < -0.4 is 15.8 Å². The van der Waals surface area contributed by atoms with Crippen molar-refractivity contribution in [2.24, 2.45) is 5.73 Å². The number of carbonyl (C=O) groups is 1. The molecule has 3 aromatic rings. The van der Waals surface area contributed by atoms with Crippen LogP contribution in [0, 0.1) is 0 Å². The predicted molar refractivity (Wildman–Crippen MR) is 139 cm³/mol. The van der Waals surface area contributed by atoms with E-state index in [2.05, 4.69) is 20.2 Å². The number of hydrogen-bond acceptors (Lipinski definition) is 7. The van der Waals surface area contributed by atoms with Crippen LogP contribution in [0.3, 0.4) is 0 Å². The van der Waals surface area contributed by atoms with Gasteiger partial charge < -0.3 is 20.7 Å². The van der Waals surface area contributed by atoms with E-state index in [-0.39, 0.29) is 5.91 Å². The molecule has 0 radical (unpaired) electrons. The lowest BCUT2D eigenvalue weighted by atomic mass is 10.0. The fourth-order valence-electron chi connectivity index (χ4n) is 4.15. The molecule has 3 N–H and O–H groups in total. The Morgan fingerprint density at radius 1 is 1.21 bits per heavy atom. The topological polar surface area (TPSA) is 93.4 Å². The number of aromatic nitrogens is 2. The molecule has 2 aliphatic rings. The molecule has 4 heterocycles. The van der Waals surface area contributed by atoms with Crippen molar-refractivity contribution in [3.8, 4) is 5.75 Å². The standard InChI is InChI=1S/C17H21ClN2O.C8H9N3OS/c1-21-13-5-6-17-15(11-13)14(16(18)12-19-17)7-10-20-8-3-2-4-9-20;9-3-5-1-2-6-8(10-5)11-7(12)4-13-6/h5-6,11-12H,2-4,7-10H2,1H3;1-2H,3-4,9H2,(H,10,11,12). The Morgan fingerprint density at radius 2 is 2.03 bits per heavy atom. The van der Waals surface area contributed by atoms with Crippen LogP contribution in [0.15, 0.2) is 41.4 Å². The summed E-state index contributed by atoms with van der Waals surface area (Å²) in [5, 5.41) is 4.58. The summed E-state index contributed by atoms with van der Waals surface area (Å²) in [5.41, 5.74) is 8.40. The van der Waals surface area contributed by atoms with Crippen LogP contribution in [0.4, 0.5) is 5.82 Å². The van der Waals surface area contributed by atoms with Gasteiger partial charge in [-0.15, -0.1) is 11.8 Å². The van der Waals surface area contributed by atoms with Gasteiger partial charge in [0.25, 0.3) is 0 Å². The molecule has 0 saturated carbocycles. The molecule has 1 amide bonds. The van der Waals surface area contributed by atoms with Crippen molar-refractivity contribution < 1.29 is 9.53 Å². The average molecular weight is 500 g/mol. The number of anilines is 1. The lowest BCUT2D eigenvalue weighted by Crippen LogP contribution is -2.31. The van der Waals surface area contributed by atoms with Gasteiger partial charge in [0.1, 0.15) is 11.6 Å². The number of halogens is 1. The molecular weight excluding hydrogens is 470 g/mol. The third-order valence-electron chi connectivity index (χ3n) is 6.00. The summed E-state index contributed by atoms with van der Waals surface area (Å²) in [7, 11) is 1.69. The number of fused-ring (bicyclic) bond motifs is 2. The zero-order valence-corrected chi connectivity index (χ0v) is 20.9. The molecular formula is C25H30ClN5O2S. The predicted octanol–water partition coefficient (Wildman–Crippen LogP) is 4.51. The van der Waals surface area contributed by atoms with Gasteiger partial charge in [-0.25, -0.2) is 4.98 Å². The quantitative estimate of drug-likeness (QED) is 0.533. The van der Waals surface area contributed by atoms with Crippen molar-refractivity contribution in [3.63, 3.8) is 0 Å². The number of amides is 1. The Kier molecular flexibility index (Phi) is 8.61. The first kappa shape index (κ1) is 24.7. The van der Waals surface area contributed by atoms with E-state index >= 15 is 0 Å². The van der Waals surface area contributed by atoms with Crippen LogP contribution in [0.2, 0.25) is 5.02 Å². The Balaban J connectivity index is 0.000000180. The summed E-state index contributed by atoms with van der Waals surface area (Å²) in [4.78, 5) is 23.2. The van der Waals surface area contributed by atoms with Crippen LogP contribution in [0.5, 0.6) is 5.75 Å². The average Bonchev–Trinajstić information content (AvgIpc) is 2.88. The second-order valence-corrected chi connectivity index (χ2v) is 9.73. The van der Waals surface area contributed by atoms with Gasteiger partial charge in [0.05, 0.1) is 34.0 Å². The molecule has 0 aliphatic carbocycles. The van der Waals surface area contributed by atoms with E-state index in [0.717, 1.165) is 45.2 Å². The maximum atomic E-state index is 11.0. The molecule has 0 atom stereocenters. The summed E-state index contributed by atoms with van der Waals surface area (Å²) >= 11 is 7.90. The number of hydrogen-bond donors (Lipinski definition) is 2. The van der Waals surface area contributed by atoms with Crippen LogP contribution in [0.1, 0.15) is 30.5 Å². The van der Waals surface area contributed by atoms with E-state index in [1.807, 2.05) is 30.3 Å². The minimum Gasteiger partial charge on any atom is -0.497 e. The smallest absolute Gasteiger partial charge is 0.235 e. The molecule has 1 fully saturated rings. The third kappa shape index (κ3) is 6.18. The molecule has 2 aliphatic heterocycles. The third-order valence-corrected chi connectivity index (χ3v) is 7.38. The number of pyridine rings is 2. The molecule has 34 heavy (non-hydrogen) atoms. The van der Waals surface area contributed by atoms with Crippen molar-refractivity contribution in [3.05, 3.63) is 52.8 Å². The second kappa shape index (κ2) is 11.8. The fourth-order valence-corrected chi connectivity index (χ4v) is 5.16. The van der Waals surface area contributed by atoms with E-state index < -0.39 is 0 Å². The normalized spacial score (nSPS) is 15.8. The summed E-state index contributed by atoms with van der Waals surface area (Å²) in [6.45, 7) is 3.89. The second-order valence-electron chi connectivity index (χ2n) is 8.31. The first-order valence-corrected chi connectivity index (χ1v) is 12.9. The summed E-state index contributed by atoms with van der Waals surface area (Å²) in [6.07, 6.45) is 6.73. The summed E-state index contributed by atoms with van der Waals surface area (Å²) in [5.74, 6) is 1.96. The molecule has 0 spiro atoms. The van der Waals surface area contributed by atoms with Crippen molar-refractivity contribution >= 4 is 46.0 Å². The zero-order valence-electron chi connectivity index (χ0n) is 19.3. The molecule has 5 rings (SSSR count). The highest BCUT2D eigenvalue weighted by Gasteiger charge is 2.16. The van der Waals surface area contributed by atoms with Crippen LogP contribution in [0.25, 0.3) is 10.9 Å². The Labute approximate surface area is 209 Å². The molecule has 0 bridgehead atoms. The number of likely N-dealkylation sites (tertiary alicyclic amines) is 1. The minimum atomic E-state index is -0.000767.